The van der Waals surface area contributed by atoms with E-state index in [1.807, 2.05) is 6.07 Å². The first-order valence-corrected chi connectivity index (χ1v) is 10.5. The molecule has 1 aromatic heterocycles. The molecule has 0 N–H and O–H groups in total. The summed E-state index contributed by atoms with van der Waals surface area (Å²) in [4.78, 5) is 0. The fourth-order valence-corrected chi connectivity index (χ4v) is 5.51. The molecule has 0 fully saturated rings. The van der Waals surface area contributed by atoms with E-state index in [2.05, 4.69) is 95.6 Å². The van der Waals surface area contributed by atoms with Gasteiger partial charge in [0, 0.05) is 27.0 Å². The van der Waals surface area contributed by atoms with Crippen LogP contribution in [0.4, 0.5) is 0 Å². The zero-order valence-electron chi connectivity index (χ0n) is 16.1. The molecule has 0 saturated carbocycles. The van der Waals surface area contributed by atoms with Crippen molar-refractivity contribution in [3.63, 3.8) is 0 Å². The molecule has 6 aromatic rings. The molecule has 1 aliphatic carbocycles. The summed E-state index contributed by atoms with van der Waals surface area (Å²) in [5.41, 5.74) is 8.42. The fraction of sp³-hybridized carbons (Fsp3) is 0. The predicted octanol–water partition coefficient (Wildman–Crippen LogP) is 8.24. The molecule has 0 unspecified atom stereocenters. The number of halogens is 1. The summed E-state index contributed by atoms with van der Waals surface area (Å²) in [5.74, 6) is 0. The van der Waals surface area contributed by atoms with Gasteiger partial charge in [-0.25, -0.2) is 0 Å². The Morgan fingerprint density at radius 3 is 2.13 bits per heavy atom. The lowest BCUT2D eigenvalue weighted by Crippen LogP contribution is -1.94. The molecule has 1 heterocycles. The first-order chi connectivity index (χ1) is 14.8. The Balaban J connectivity index is 1.84. The van der Waals surface area contributed by atoms with E-state index in [0.717, 1.165) is 10.6 Å². The van der Waals surface area contributed by atoms with Crippen LogP contribution in [0.15, 0.2) is 97.1 Å². The van der Waals surface area contributed by atoms with Gasteiger partial charge in [-0.1, -0.05) is 78.3 Å². The smallest absolute Gasteiger partial charge is 0.0547 e. The number of aromatic nitrogens is 1. The van der Waals surface area contributed by atoms with Gasteiger partial charge in [-0.15, -0.1) is 0 Å². The van der Waals surface area contributed by atoms with Gasteiger partial charge < -0.3 is 4.57 Å². The molecule has 1 nitrogen and oxygen atoms in total. The van der Waals surface area contributed by atoms with Gasteiger partial charge in [-0.05, 0) is 57.8 Å². The van der Waals surface area contributed by atoms with Crippen molar-refractivity contribution in [1.29, 1.82) is 0 Å². The van der Waals surface area contributed by atoms with E-state index in [0.29, 0.717) is 0 Å². The minimum absolute atomic E-state index is 0.801. The van der Waals surface area contributed by atoms with Crippen molar-refractivity contribution in [2.75, 3.05) is 0 Å². The molecule has 0 aliphatic heterocycles. The maximum atomic E-state index is 6.80. The van der Waals surface area contributed by atoms with E-state index < -0.39 is 0 Å². The summed E-state index contributed by atoms with van der Waals surface area (Å²) in [6, 6.07) is 34.6. The standard InChI is InChI=1S/C28H16ClN/c29-22-13-5-10-19-20-11-6-14-23-27(20)28-24(30(23)18-8-2-1-3-9-18)16-15-17-7-4-12-21(25(17)28)26(19)22/h1-16H. The summed E-state index contributed by atoms with van der Waals surface area (Å²) in [5, 5.41) is 5.94. The maximum Gasteiger partial charge on any atom is 0.0547 e. The van der Waals surface area contributed by atoms with E-state index in [9.17, 15) is 0 Å². The van der Waals surface area contributed by atoms with Crippen LogP contribution < -0.4 is 0 Å². The molecule has 2 heteroatoms. The van der Waals surface area contributed by atoms with E-state index in [4.69, 9.17) is 11.6 Å². The van der Waals surface area contributed by atoms with Crippen molar-refractivity contribution in [3.05, 3.63) is 102 Å². The third-order valence-electron chi connectivity index (χ3n) is 6.39. The molecule has 7 rings (SSSR count). The fourth-order valence-electron chi connectivity index (χ4n) is 5.24. The Hall–Kier alpha value is -3.55. The lowest BCUT2D eigenvalue weighted by molar-refractivity contribution is 1.18. The van der Waals surface area contributed by atoms with Crippen LogP contribution in [0.25, 0.3) is 60.5 Å². The van der Waals surface area contributed by atoms with Crippen LogP contribution in [0.1, 0.15) is 0 Å². The summed E-state index contributed by atoms with van der Waals surface area (Å²) < 4.78 is 2.39. The third kappa shape index (κ3) is 1.93. The quantitative estimate of drug-likeness (QED) is 0.261. The highest BCUT2D eigenvalue weighted by Gasteiger charge is 2.25. The van der Waals surface area contributed by atoms with Crippen molar-refractivity contribution in [2.45, 2.75) is 0 Å². The van der Waals surface area contributed by atoms with Crippen LogP contribution in [-0.2, 0) is 0 Å². The SMILES string of the molecule is Clc1cccc2c1-c1cccc3ccc4c(c13)c1c-2cccc1n4-c1ccccc1. The second-order valence-electron chi connectivity index (χ2n) is 7.90. The second-order valence-corrected chi connectivity index (χ2v) is 8.30. The molecule has 0 radical (unpaired) electrons. The van der Waals surface area contributed by atoms with Crippen LogP contribution in [-0.4, -0.2) is 4.57 Å². The van der Waals surface area contributed by atoms with Crippen molar-refractivity contribution >= 4 is 44.2 Å². The van der Waals surface area contributed by atoms with Gasteiger partial charge in [0.15, 0.2) is 0 Å². The van der Waals surface area contributed by atoms with Gasteiger partial charge in [-0.2, -0.15) is 0 Å². The number of fused-ring (bicyclic) bond motifs is 3. The highest BCUT2D eigenvalue weighted by atomic mass is 35.5. The minimum atomic E-state index is 0.801. The van der Waals surface area contributed by atoms with Gasteiger partial charge >= 0.3 is 0 Å². The average Bonchev–Trinajstić information content (AvgIpc) is 3.07. The number of nitrogens with zero attached hydrogens (tertiary/aromatic N) is 1. The molecule has 5 aromatic carbocycles. The number of para-hydroxylation sites is 1. The zero-order chi connectivity index (χ0) is 19.8. The van der Waals surface area contributed by atoms with Crippen LogP contribution >= 0.6 is 11.6 Å². The number of benzene rings is 5. The number of hydrogen-bond acceptors (Lipinski definition) is 0. The molecule has 0 spiro atoms. The summed E-state index contributed by atoms with van der Waals surface area (Å²) in [7, 11) is 0. The molecule has 140 valence electrons. The predicted molar refractivity (Wildman–Crippen MR) is 128 cm³/mol. The third-order valence-corrected chi connectivity index (χ3v) is 6.70. The average molecular weight is 402 g/mol. The van der Waals surface area contributed by atoms with Gasteiger partial charge in [0.1, 0.15) is 0 Å². The highest BCUT2D eigenvalue weighted by molar-refractivity contribution is 6.37. The van der Waals surface area contributed by atoms with Gasteiger partial charge in [0.05, 0.1) is 11.0 Å². The van der Waals surface area contributed by atoms with E-state index in [1.165, 1.54) is 55.0 Å². The number of rotatable bonds is 1. The van der Waals surface area contributed by atoms with Gasteiger partial charge in [0.25, 0.3) is 0 Å². The monoisotopic (exact) mass is 401 g/mol. The summed E-state index contributed by atoms with van der Waals surface area (Å²) in [6.45, 7) is 0. The normalized spacial score (nSPS) is 12.2. The molecule has 1 aliphatic rings. The Kier molecular flexibility index (Phi) is 3.12. The summed E-state index contributed by atoms with van der Waals surface area (Å²) in [6.07, 6.45) is 0. The molecular formula is C28H16ClN. The maximum absolute atomic E-state index is 6.80. The molecule has 0 amide bonds. The van der Waals surface area contributed by atoms with Crippen molar-refractivity contribution in [1.82, 2.24) is 4.57 Å². The molecule has 30 heavy (non-hydrogen) atoms. The van der Waals surface area contributed by atoms with Crippen LogP contribution in [0.3, 0.4) is 0 Å². The van der Waals surface area contributed by atoms with Crippen LogP contribution in [0.2, 0.25) is 5.02 Å². The Bertz CT molecular complexity index is 1640. The van der Waals surface area contributed by atoms with E-state index in [-0.39, 0.29) is 0 Å². The molecule has 0 saturated heterocycles. The molecular weight excluding hydrogens is 386 g/mol. The molecule has 0 atom stereocenters. The molecule has 0 bridgehead atoms. The Morgan fingerprint density at radius 1 is 0.500 bits per heavy atom. The first-order valence-electron chi connectivity index (χ1n) is 10.2. The van der Waals surface area contributed by atoms with Crippen LogP contribution in [0.5, 0.6) is 0 Å². The van der Waals surface area contributed by atoms with E-state index >= 15 is 0 Å². The second kappa shape index (κ2) is 5.75. The lowest BCUT2D eigenvalue weighted by Gasteiger charge is -2.14. The summed E-state index contributed by atoms with van der Waals surface area (Å²) >= 11 is 6.80. The highest BCUT2D eigenvalue weighted by Crippen LogP contribution is 2.51. The minimum Gasteiger partial charge on any atom is -0.309 e. The first kappa shape index (κ1) is 16.3. The van der Waals surface area contributed by atoms with Gasteiger partial charge in [-0.3, -0.25) is 0 Å². The Morgan fingerprint density at radius 2 is 1.23 bits per heavy atom. The van der Waals surface area contributed by atoms with E-state index in [1.54, 1.807) is 0 Å². The van der Waals surface area contributed by atoms with Crippen molar-refractivity contribution in [3.8, 4) is 27.9 Å². The van der Waals surface area contributed by atoms with Crippen molar-refractivity contribution in [2.24, 2.45) is 0 Å². The largest absolute Gasteiger partial charge is 0.309 e. The lowest BCUT2D eigenvalue weighted by atomic mass is 9.93. The number of hydrogen-bond donors (Lipinski definition) is 0. The van der Waals surface area contributed by atoms with Gasteiger partial charge in [0.2, 0.25) is 0 Å². The zero-order valence-corrected chi connectivity index (χ0v) is 16.8. The van der Waals surface area contributed by atoms with Crippen LogP contribution in [0, 0.1) is 0 Å². The Labute approximate surface area is 178 Å². The van der Waals surface area contributed by atoms with Crippen molar-refractivity contribution < 1.29 is 0 Å². The topological polar surface area (TPSA) is 4.93 Å².